The van der Waals surface area contributed by atoms with Crippen molar-refractivity contribution in [2.75, 3.05) is 33.6 Å². The summed E-state index contributed by atoms with van der Waals surface area (Å²) in [4.78, 5) is 14.4. The summed E-state index contributed by atoms with van der Waals surface area (Å²) in [6, 6.07) is 6.41. The molecule has 0 bridgehead atoms. The molecule has 7 nitrogen and oxygen atoms in total. The Morgan fingerprint density at radius 2 is 1.93 bits per heavy atom. The Morgan fingerprint density at radius 1 is 1.17 bits per heavy atom. The molecular weight excluding hydrogens is 388 g/mol. The molecule has 8 heteroatoms. The number of thioether (sulfide) groups is 1. The first kappa shape index (κ1) is 20.1. The van der Waals surface area contributed by atoms with E-state index in [1.54, 1.807) is 19.1 Å². The maximum Gasteiger partial charge on any atom is 0.232 e. The second kappa shape index (κ2) is 8.65. The topological polar surface area (TPSA) is 69.5 Å². The van der Waals surface area contributed by atoms with Crippen LogP contribution in [0.3, 0.4) is 0 Å². The highest BCUT2D eigenvalue weighted by atomic mass is 32.2. The Labute approximate surface area is 175 Å². The van der Waals surface area contributed by atoms with Gasteiger partial charge in [-0.05, 0) is 49.8 Å². The first-order chi connectivity index (χ1) is 14.1. The molecule has 29 heavy (non-hydrogen) atoms. The van der Waals surface area contributed by atoms with Gasteiger partial charge in [0.1, 0.15) is 5.82 Å². The second-order valence-electron chi connectivity index (χ2n) is 7.76. The van der Waals surface area contributed by atoms with Gasteiger partial charge in [0, 0.05) is 25.6 Å². The van der Waals surface area contributed by atoms with E-state index >= 15 is 0 Å². The number of nitrogens with zero attached hydrogens (tertiary/aromatic N) is 4. The third-order valence-electron chi connectivity index (χ3n) is 5.48. The third-order valence-corrected chi connectivity index (χ3v) is 6.41. The summed E-state index contributed by atoms with van der Waals surface area (Å²) in [6.45, 7) is 0.650. The van der Waals surface area contributed by atoms with E-state index < -0.39 is 0 Å². The van der Waals surface area contributed by atoms with Gasteiger partial charge in [-0.3, -0.25) is 4.79 Å². The first-order valence-electron chi connectivity index (χ1n) is 10.1. The Hall–Kier alpha value is -2.22. The zero-order valence-electron chi connectivity index (χ0n) is 17.3. The normalized spacial score (nSPS) is 16.0. The second-order valence-corrected chi connectivity index (χ2v) is 8.70. The summed E-state index contributed by atoms with van der Waals surface area (Å²) in [6.07, 6.45) is 5.59. The van der Waals surface area contributed by atoms with Crippen molar-refractivity contribution in [1.82, 2.24) is 19.7 Å². The Balaban J connectivity index is 1.30. The molecule has 1 heterocycles. The number of rotatable bonds is 10. The van der Waals surface area contributed by atoms with Gasteiger partial charge in [0.15, 0.2) is 16.7 Å². The molecule has 2 aromatic rings. The highest BCUT2D eigenvalue weighted by Gasteiger charge is 2.36. The number of carbonyl (C=O) groups excluding carboxylic acids is 1. The van der Waals surface area contributed by atoms with Crippen LogP contribution in [0, 0.1) is 0 Å². The number of likely N-dealkylation sites (N-methyl/N-ethyl adjacent to an activating group) is 1. The minimum Gasteiger partial charge on any atom is -0.493 e. The molecule has 0 saturated heterocycles. The molecule has 0 radical (unpaired) electrons. The quantitative estimate of drug-likeness (QED) is 0.554. The van der Waals surface area contributed by atoms with Gasteiger partial charge in [-0.15, -0.1) is 10.2 Å². The predicted molar refractivity (Wildman–Crippen MR) is 112 cm³/mol. The van der Waals surface area contributed by atoms with Gasteiger partial charge in [0.05, 0.1) is 20.0 Å². The lowest BCUT2D eigenvalue weighted by atomic mass is 10.1. The number of methoxy groups -OCH3 is 2. The minimum atomic E-state index is 0.105. The van der Waals surface area contributed by atoms with Gasteiger partial charge >= 0.3 is 0 Å². The smallest absolute Gasteiger partial charge is 0.232 e. The van der Waals surface area contributed by atoms with Crippen LogP contribution in [0.5, 0.6) is 11.5 Å². The van der Waals surface area contributed by atoms with Crippen LogP contribution >= 0.6 is 11.8 Å². The number of carbonyl (C=O) groups is 1. The van der Waals surface area contributed by atoms with Crippen LogP contribution < -0.4 is 9.47 Å². The van der Waals surface area contributed by atoms with Gasteiger partial charge < -0.3 is 18.9 Å². The number of ether oxygens (including phenoxy) is 2. The van der Waals surface area contributed by atoms with Crippen molar-refractivity contribution in [3.05, 3.63) is 29.6 Å². The fraction of sp³-hybridized carbons (Fsp3) is 0.571. The number of aromatic nitrogens is 3. The molecule has 156 valence electrons. The summed E-state index contributed by atoms with van der Waals surface area (Å²) < 4.78 is 12.9. The van der Waals surface area contributed by atoms with Gasteiger partial charge in [-0.1, -0.05) is 17.8 Å². The third kappa shape index (κ3) is 4.69. The highest BCUT2D eigenvalue weighted by molar-refractivity contribution is 7.99. The van der Waals surface area contributed by atoms with Crippen molar-refractivity contribution in [2.45, 2.75) is 49.2 Å². The Morgan fingerprint density at radius 3 is 2.59 bits per heavy atom. The molecule has 4 rings (SSSR count). The van der Waals surface area contributed by atoms with Crippen molar-refractivity contribution in [2.24, 2.45) is 0 Å². The van der Waals surface area contributed by atoms with Gasteiger partial charge in [-0.2, -0.15) is 0 Å². The van der Waals surface area contributed by atoms with Crippen molar-refractivity contribution in [3.8, 4) is 11.5 Å². The summed E-state index contributed by atoms with van der Waals surface area (Å²) in [7, 11) is 5.10. The lowest BCUT2D eigenvalue weighted by Gasteiger charge is -2.17. The van der Waals surface area contributed by atoms with Crippen molar-refractivity contribution >= 4 is 17.7 Å². The van der Waals surface area contributed by atoms with E-state index in [1.165, 1.54) is 37.4 Å². The number of amides is 1. The van der Waals surface area contributed by atoms with Crippen LogP contribution in [-0.4, -0.2) is 59.1 Å². The van der Waals surface area contributed by atoms with Crippen LogP contribution in [0.1, 0.15) is 49.0 Å². The van der Waals surface area contributed by atoms with E-state index in [2.05, 4.69) is 14.8 Å². The molecule has 2 aliphatic carbocycles. The largest absolute Gasteiger partial charge is 0.493 e. The van der Waals surface area contributed by atoms with Crippen LogP contribution in [0.15, 0.2) is 23.4 Å². The molecule has 0 aliphatic heterocycles. The van der Waals surface area contributed by atoms with Crippen LogP contribution in [0.2, 0.25) is 0 Å². The van der Waals surface area contributed by atoms with Gasteiger partial charge in [0.2, 0.25) is 5.91 Å². The van der Waals surface area contributed by atoms with E-state index in [1.807, 2.05) is 25.2 Å². The average Bonchev–Trinajstić information content (AvgIpc) is 3.68. The van der Waals surface area contributed by atoms with Crippen molar-refractivity contribution in [1.29, 1.82) is 0 Å². The molecule has 2 fully saturated rings. The van der Waals surface area contributed by atoms with Crippen molar-refractivity contribution < 1.29 is 14.3 Å². The SMILES string of the molecule is COc1ccc(CCN(C)C(=O)CSc2nnc(C3CC3)n2C2CC2)cc1OC. The fourth-order valence-electron chi connectivity index (χ4n) is 3.38. The Bertz CT molecular complexity index is 877. The summed E-state index contributed by atoms with van der Waals surface area (Å²) in [5.74, 6) is 3.62. The summed E-state index contributed by atoms with van der Waals surface area (Å²) in [5.41, 5.74) is 1.11. The predicted octanol–water partition coefficient (Wildman–Crippen LogP) is 3.30. The molecular formula is C21H28N4O3S. The fourth-order valence-corrected chi connectivity index (χ4v) is 4.33. The molecule has 1 aromatic heterocycles. The van der Waals surface area contributed by atoms with Gasteiger partial charge in [0.25, 0.3) is 0 Å². The zero-order chi connectivity index (χ0) is 20.4. The lowest BCUT2D eigenvalue weighted by molar-refractivity contribution is -0.127. The van der Waals surface area contributed by atoms with E-state index in [-0.39, 0.29) is 5.91 Å². The van der Waals surface area contributed by atoms with E-state index in [9.17, 15) is 4.79 Å². The van der Waals surface area contributed by atoms with Crippen LogP contribution in [-0.2, 0) is 11.2 Å². The van der Waals surface area contributed by atoms with Crippen LogP contribution in [0.4, 0.5) is 0 Å². The average molecular weight is 417 g/mol. The summed E-state index contributed by atoms with van der Waals surface area (Å²) in [5, 5.41) is 9.69. The molecule has 2 saturated carbocycles. The van der Waals surface area contributed by atoms with E-state index in [0.717, 1.165) is 23.0 Å². The number of benzene rings is 1. The highest BCUT2D eigenvalue weighted by Crippen LogP contribution is 2.46. The summed E-state index contributed by atoms with van der Waals surface area (Å²) >= 11 is 1.51. The first-order valence-corrected chi connectivity index (χ1v) is 11.1. The molecule has 0 N–H and O–H groups in total. The van der Waals surface area contributed by atoms with E-state index in [0.29, 0.717) is 35.8 Å². The monoisotopic (exact) mass is 416 g/mol. The molecule has 1 aromatic carbocycles. The van der Waals surface area contributed by atoms with E-state index in [4.69, 9.17) is 9.47 Å². The molecule has 1 amide bonds. The number of hydrogen-bond donors (Lipinski definition) is 0. The lowest BCUT2D eigenvalue weighted by Crippen LogP contribution is -2.30. The molecule has 0 unspecified atom stereocenters. The standard InChI is InChI=1S/C21H28N4O3S/c1-24(11-10-14-4-9-17(27-2)18(12-14)28-3)19(26)13-29-21-23-22-20(15-5-6-15)25(21)16-7-8-16/h4,9,12,15-16H,5-8,10-11,13H2,1-3H3. The number of hydrogen-bond acceptors (Lipinski definition) is 6. The molecule has 0 atom stereocenters. The van der Waals surface area contributed by atoms with Crippen LogP contribution in [0.25, 0.3) is 0 Å². The molecule has 2 aliphatic rings. The Kier molecular flexibility index (Phi) is 5.99. The maximum absolute atomic E-state index is 12.6. The van der Waals surface area contributed by atoms with Crippen molar-refractivity contribution in [3.63, 3.8) is 0 Å². The minimum absolute atomic E-state index is 0.105. The molecule has 0 spiro atoms. The maximum atomic E-state index is 12.6. The zero-order valence-corrected chi connectivity index (χ0v) is 18.1. The van der Waals surface area contributed by atoms with Gasteiger partial charge in [-0.25, -0.2) is 0 Å².